The van der Waals surface area contributed by atoms with Gasteiger partial charge in [0.05, 0.1) is 12.2 Å². The Bertz CT molecular complexity index is 952. The summed E-state index contributed by atoms with van der Waals surface area (Å²) in [5.74, 6) is -0.240. The summed E-state index contributed by atoms with van der Waals surface area (Å²) in [6.45, 7) is 0.450. The molecule has 0 radical (unpaired) electrons. The topological polar surface area (TPSA) is 101 Å². The third-order valence-corrected chi connectivity index (χ3v) is 5.01. The lowest BCUT2D eigenvalue weighted by atomic mass is 10.1. The van der Waals surface area contributed by atoms with E-state index in [1.807, 2.05) is 30.5 Å². The highest BCUT2D eigenvalue weighted by Gasteiger charge is 2.35. The molecular formula is C18H16N4O4S. The zero-order valence-corrected chi connectivity index (χ0v) is 15.2. The van der Waals surface area contributed by atoms with Crippen LogP contribution in [0.4, 0.5) is 11.7 Å². The fraction of sp³-hybridized carbons (Fsp3) is 0.222. The molecule has 1 atom stereocenters. The highest BCUT2D eigenvalue weighted by Crippen LogP contribution is 2.32. The molecule has 27 heavy (non-hydrogen) atoms. The van der Waals surface area contributed by atoms with Crippen LogP contribution >= 0.6 is 11.8 Å². The number of amides is 2. The van der Waals surface area contributed by atoms with Gasteiger partial charge in [-0.25, -0.2) is 0 Å². The zero-order valence-electron chi connectivity index (χ0n) is 14.4. The van der Waals surface area contributed by atoms with Gasteiger partial charge in [-0.2, -0.15) is 0 Å². The first-order valence-electron chi connectivity index (χ1n) is 8.26. The number of thioether (sulfide) groups is 1. The lowest BCUT2D eigenvalue weighted by molar-refractivity contribution is -0.117. The monoisotopic (exact) mass is 384 g/mol. The highest BCUT2D eigenvalue weighted by molar-refractivity contribution is 7.98. The van der Waals surface area contributed by atoms with Crippen LogP contribution in [0.25, 0.3) is 0 Å². The van der Waals surface area contributed by atoms with Crippen LogP contribution in [-0.4, -0.2) is 34.8 Å². The van der Waals surface area contributed by atoms with E-state index in [9.17, 15) is 9.59 Å². The molecule has 1 fully saturated rings. The zero-order chi connectivity index (χ0) is 18.8. The van der Waals surface area contributed by atoms with Gasteiger partial charge < -0.3 is 13.7 Å². The molecule has 138 valence electrons. The second kappa shape index (κ2) is 7.28. The van der Waals surface area contributed by atoms with E-state index in [0.29, 0.717) is 12.4 Å². The van der Waals surface area contributed by atoms with Crippen LogP contribution in [0.3, 0.4) is 0 Å². The smallest absolute Gasteiger partial charge is 0.322 e. The third-order valence-electron chi connectivity index (χ3n) is 4.26. The van der Waals surface area contributed by atoms with E-state index in [4.69, 9.17) is 8.83 Å². The Morgan fingerprint density at radius 1 is 1.26 bits per heavy atom. The van der Waals surface area contributed by atoms with E-state index in [1.165, 1.54) is 12.3 Å². The predicted octanol–water partition coefficient (Wildman–Crippen LogP) is 3.16. The lowest BCUT2D eigenvalue weighted by Crippen LogP contribution is -2.24. The Balaban J connectivity index is 1.44. The van der Waals surface area contributed by atoms with Crippen molar-refractivity contribution >= 4 is 35.3 Å². The van der Waals surface area contributed by atoms with Gasteiger partial charge in [-0.15, -0.1) is 16.9 Å². The minimum absolute atomic E-state index is 0.00345. The number of nitrogens with one attached hydrogen (secondary N) is 1. The molecule has 0 unspecified atom stereocenters. The Morgan fingerprint density at radius 3 is 2.78 bits per heavy atom. The Kier molecular flexibility index (Phi) is 4.68. The summed E-state index contributed by atoms with van der Waals surface area (Å²) in [6.07, 6.45) is 3.68. The molecule has 3 heterocycles. The minimum atomic E-state index is -0.479. The van der Waals surface area contributed by atoms with Crippen LogP contribution < -0.4 is 10.2 Å². The van der Waals surface area contributed by atoms with Crippen LogP contribution in [0, 0.1) is 0 Å². The molecule has 1 aliphatic heterocycles. The van der Waals surface area contributed by atoms with Crippen LogP contribution in [0.2, 0.25) is 0 Å². The van der Waals surface area contributed by atoms with Gasteiger partial charge in [0, 0.05) is 23.5 Å². The van der Waals surface area contributed by atoms with Gasteiger partial charge >= 0.3 is 6.01 Å². The van der Waals surface area contributed by atoms with E-state index in [0.717, 1.165) is 10.6 Å². The average molecular weight is 384 g/mol. The highest BCUT2D eigenvalue weighted by atomic mass is 32.2. The normalized spacial score (nSPS) is 16.7. The Morgan fingerprint density at radius 2 is 2.07 bits per heavy atom. The third kappa shape index (κ3) is 3.59. The number of benzene rings is 1. The molecule has 0 saturated carbocycles. The maximum Gasteiger partial charge on any atom is 0.322 e. The van der Waals surface area contributed by atoms with E-state index in [2.05, 4.69) is 15.5 Å². The molecule has 0 bridgehead atoms. The van der Waals surface area contributed by atoms with Crippen LogP contribution in [-0.2, 0) is 4.79 Å². The molecule has 2 amide bonds. The fourth-order valence-electron chi connectivity index (χ4n) is 2.90. The minimum Gasteiger partial charge on any atom is -0.459 e. The number of furan rings is 1. The number of rotatable bonds is 5. The van der Waals surface area contributed by atoms with Gasteiger partial charge in [0.15, 0.2) is 5.76 Å². The largest absolute Gasteiger partial charge is 0.459 e. The van der Waals surface area contributed by atoms with E-state index in [1.54, 1.807) is 22.7 Å². The molecule has 8 nitrogen and oxygen atoms in total. The van der Waals surface area contributed by atoms with Gasteiger partial charge in [-0.05, 0) is 42.7 Å². The molecule has 9 heteroatoms. The van der Waals surface area contributed by atoms with Crippen molar-refractivity contribution in [3.05, 3.63) is 54.3 Å². The number of hydrogen-bond acceptors (Lipinski definition) is 7. The van der Waals surface area contributed by atoms with E-state index in [-0.39, 0.29) is 30.0 Å². The molecule has 1 aliphatic rings. The van der Waals surface area contributed by atoms with Crippen molar-refractivity contribution in [3.63, 3.8) is 0 Å². The SMILES string of the molecule is CSc1ccc(N2C[C@H](c3nnc(NC(=O)c4ccco4)o3)CC2=O)cc1. The first-order chi connectivity index (χ1) is 13.1. The molecule has 1 N–H and O–H groups in total. The summed E-state index contributed by atoms with van der Waals surface area (Å²) in [7, 11) is 0. The van der Waals surface area contributed by atoms with Gasteiger partial charge in [0.2, 0.25) is 11.8 Å². The van der Waals surface area contributed by atoms with Gasteiger partial charge in [0.25, 0.3) is 5.91 Å². The number of aromatic nitrogens is 2. The number of anilines is 2. The maximum absolute atomic E-state index is 12.4. The lowest BCUT2D eigenvalue weighted by Gasteiger charge is -2.16. The quantitative estimate of drug-likeness (QED) is 0.674. The summed E-state index contributed by atoms with van der Waals surface area (Å²) < 4.78 is 10.5. The fourth-order valence-corrected chi connectivity index (χ4v) is 3.31. The molecule has 3 aromatic rings. The van der Waals surface area contributed by atoms with Crippen LogP contribution in [0.5, 0.6) is 0 Å². The van der Waals surface area contributed by atoms with E-state index >= 15 is 0 Å². The van der Waals surface area contributed by atoms with Crippen molar-refractivity contribution < 1.29 is 18.4 Å². The number of hydrogen-bond donors (Lipinski definition) is 1. The van der Waals surface area contributed by atoms with Gasteiger partial charge in [-0.1, -0.05) is 5.10 Å². The number of carbonyl (C=O) groups excluding carboxylic acids is 2. The van der Waals surface area contributed by atoms with Crippen molar-refractivity contribution in [2.24, 2.45) is 0 Å². The van der Waals surface area contributed by atoms with Crippen molar-refractivity contribution in [1.29, 1.82) is 0 Å². The number of nitrogens with zero attached hydrogens (tertiary/aromatic N) is 3. The van der Waals surface area contributed by atoms with Crippen molar-refractivity contribution in [1.82, 2.24) is 10.2 Å². The van der Waals surface area contributed by atoms with Gasteiger partial charge in [0.1, 0.15) is 0 Å². The molecule has 1 aromatic carbocycles. The van der Waals surface area contributed by atoms with Crippen molar-refractivity contribution in [2.45, 2.75) is 17.2 Å². The molecular weight excluding hydrogens is 368 g/mol. The van der Waals surface area contributed by atoms with Crippen molar-refractivity contribution in [2.75, 3.05) is 23.0 Å². The summed E-state index contributed by atoms with van der Waals surface area (Å²) in [5, 5.41) is 10.3. The summed E-state index contributed by atoms with van der Waals surface area (Å²) in [5.41, 5.74) is 0.839. The first kappa shape index (κ1) is 17.3. The molecule has 2 aromatic heterocycles. The van der Waals surface area contributed by atoms with Crippen molar-refractivity contribution in [3.8, 4) is 0 Å². The van der Waals surface area contributed by atoms with Crippen LogP contribution in [0.1, 0.15) is 28.8 Å². The summed E-state index contributed by atoms with van der Waals surface area (Å²) in [4.78, 5) is 27.2. The van der Waals surface area contributed by atoms with E-state index < -0.39 is 5.91 Å². The maximum atomic E-state index is 12.4. The summed E-state index contributed by atoms with van der Waals surface area (Å²) >= 11 is 1.65. The average Bonchev–Trinajstić information content (AvgIpc) is 3.42. The second-order valence-electron chi connectivity index (χ2n) is 5.98. The molecule has 4 rings (SSSR count). The molecule has 0 spiro atoms. The van der Waals surface area contributed by atoms with Gasteiger partial charge in [-0.3, -0.25) is 14.9 Å². The Hall–Kier alpha value is -3.07. The second-order valence-corrected chi connectivity index (χ2v) is 6.86. The predicted molar refractivity (Wildman–Crippen MR) is 98.9 cm³/mol. The first-order valence-corrected chi connectivity index (χ1v) is 9.49. The Labute approximate surface area is 158 Å². The molecule has 1 saturated heterocycles. The van der Waals surface area contributed by atoms with Crippen LogP contribution in [0.15, 0.2) is 56.4 Å². The molecule has 0 aliphatic carbocycles. The standard InChI is InChI=1S/C18H16N4O4S/c1-27-13-6-4-12(5-7-13)22-10-11(9-15(22)23)17-20-21-18(26-17)19-16(24)14-3-2-8-25-14/h2-8,11H,9-10H2,1H3,(H,19,21,24)/t11-/m1/s1. The number of carbonyl (C=O) groups is 2. The summed E-state index contributed by atoms with van der Waals surface area (Å²) in [6, 6.07) is 10.9.